The molecule has 0 aliphatic carbocycles. The zero-order valence-electron chi connectivity index (χ0n) is 9.85. The summed E-state index contributed by atoms with van der Waals surface area (Å²) in [6.07, 6.45) is 0. The fourth-order valence-electron chi connectivity index (χ4n) is 1.59. The Morgan fingerprint density at radius 2 is 2.22 bits per heavy atom. The SMILES string of the molecule is COC(=O)c1c(C)nn(-c2cccc(Cl)n2)c1N. The molecule has 0 saturated carbocycles. The second-order valence-electron chi connectivity index (χ2n) is 3.57. The average molecular weight is 267 g/mol. The summed E-state index contributed by atoms with van der Waals surface area (Å²) < 4.78 is 6.01. The van der Waals surface area contributed by atoms with Crippen molar-refractivity contribution in [1.82, 2.24) is 14.8 Å². The predicted octanol–water partition coefficient (Wildman–Crippen LogP) is 1.60. The summed E-state index contributed by atoms with van der Waals surface area (Å²) >= 11 is 5.80. The first-order valence-corrected chi connectivity index (χ1v) is 5.48. The number of hydrogen-bond acceptors (Lipinski definition) is 5. The fourth-order valence-corrected chi connectivity index (χ4v) is 1.75. The molecular formula is C11H11ClN4O2. The van der Waals surface area contributed by atoms with Gasteiger partial charge in [-0.05, 0) is 19.1 Å². The Morgan fingerprint density at radius 1 is 1.50 bits per heavy atom. The number of anilines is 1. The molecular weight excluding hydrogens is 256 g/mol. The van der Waals surface area contributed by atoms with Gasteiger partial charge in [-0.15, -0.1) is 0 Å². The number of nitrogen functional groups attached to an aromatic ring is 1. The summed E-state index contributed by atoms with van der Waals surface area (Å²) in [7, 11) is 1.29. The number of carbonyl (C=O) groups is 1. The number of aromatic nitrogens is 3. The Labute approximate surface area is 108 Å². The zero-order valence-corrected chi connectivity index (χ0v) is 10.6. The molecule has 0 aliphatic heterocycles. The Morgan fingerprint density at radius 3 is 2.83 bits per heavy atom. The van der Waals surface area contributed by atoms with Crippen LogP contribution in [0.1, 0.15) is 16.1 Å². The van der Waals surface area contributed by atoms with Gasteiger partial charge in [0.25, 0.3) is 0 Å². The van der Waals surface area contributed by atoms with Crippen LogP contribution in [0.3, 0.4) is 0 Å². The lowest BCUT2D eigenvalue weighted by Crippen LogP contribution is -2.08. The summed E-state index contributed by atoms with van der Waals surface area (Å²) in [5.74, 6) is 0.0886. The number of carbonyl (C=O) groups excluding carboxylic acids is 1. The molecule has 0 saturated heterocycles. The van der Waals surface area contributed by atoms with Crippen molar-refractivity contribution in [3.8, 4) is 5.82 Å². The maximum absolute atomic E-state index is 11.6. The lowest BCUT2D eigenvalue weighted by atomic mass is 10.2. The van der Waals surface area contributed by atoms with Crippen LogP contribution in [0.25, 0.3) is 5.82 Å². The molecule has 2 aromatic rings. The highest BCUT2D eigenvalue weighted by Gasteiger charge is 2.21. The number of nitrogens with zero attached hydrogens (tertiary/aromatic N) is 3. The molecule has 2 rings (SSSR count). The summed E-state index contributed by atoms with van der Waals surface area (Å²) in [5.41, 5.74) is 6.59. The molecule has 0 bridgehead atoms. The molecule has 0 aliphatic rings. The largest absolute Gasteiger partial charge is 0.465 e. The molecule has 2 heterocycles. The highest BCUT2D eigenvalue weighted by molar-refractivity contribution is 6.29. The van der Waals surface area contributed by atoms with E-state index in [9.17, 15) is 4.79 Å². The average Bonchev–Trinajstić information content (AvgIpc) is 2.64. The van der Waals surface area contributed by atoms with Crippen molar-refractivity contribution in [2.45, 2.75) is 6.92 Å². The number of methoxy groups -OCH3 is 1. The second kappa shape index (κ2) is 4.66. The van der Waals surface area contributed by atoms with E-state index in [1.54, 1.807) is 25.1 Å². The van der Waals surface area contributed by atoms with E-state index in [4.69, 9.17) is 17.3 Å². The predicted molar refractivity (Wildman–Crippen MR) is 66.9 cm³/mol. The third-order valence-electron chi connectivity index (χ3n) is 2.40. The normalized spacial score (nSPS) is 10.4. The molecule has 0 radical (unpaired) electrons. The quantitative estimate of drug-likeness (QED) is 0.659. The minimum atomic E-state index is -0.529. The Hall–Kier alpha value is -2.08. The number of rotatable bonds is 2. The van der Waals surface area contributed by atoms with Crippen LogP contribution in [0.4, 0.5) is 5.82 Å². The standard InChI is InChI=1S/C11H11ClN4O2/c1-6-9(11(17)18-2)10(13)16(15-6)8-5-3-4-7(12)14-8/h3-5H,13H2,1-2H3. The summed E-state index contributed by atoms with van der Waals surface area (Å²) in [4.78, 5) is 15.6. The molecule has 6 nitrogen and oxygen atoms in total. The molecule has 18 heavy (non-hydrogen) atoms. The molecule has 0 fully saturated rings. The van der Waals surface area contributed by atoms with Gasteiger partial charge >= 0.3 is 5.97 Å². The number of nitrogens with two attached hydrogens (primary N) is 1. The Balaban J connectivity index is 2.57. The van der Waals surface area contributed by atoms with Gasteiger partial charge in [-0.3, -0.25) is 0 Å². The molecule has 0 unspecified atom stereocenters. The van der Waals surface area contributed by atoms with Crippen molar-refractivity contribution in [3.63, 3.8) is 0 Å². The molecule has 7 heteroatoms. The van der Waals surface area contributed by atoms with E-state index in [-0.39, 0.29) is 11.4 Å². The van der Waals surface area contributed by atoms with Crippen molar-refractivity contribution >= 4 is 23.4 Å². The number of hydrogen-bond donors (Lipinski definition) is 1. The fraction of sp³-hybridized carbons (Fsp3) is 0.182. The van der Waals surface area contributed by atoms with Crippen LogP contribution in [0.5, 0.6) is 0 Å². The second-order valence-corrected chi connectivity index (χ2v) is 3.95. The number of pyridine rings is 1. The van der Waals surface area contributed by atoms with E-state index in [1.807, 2.05) is 0 Å². The minimum Gasteiger partial charge on any atom is -0.465 e. The molecule has 0 spiro atoms. The van der Waals surface area contributed by atoms with Gasteiger partial charge in [0.2, 0.25) is 0 Å². The lowest BCUT2D eigenvalue weighted by molar-refractivity contribution is 0.0601. The van der Waals surface area contributed by atoms with Crippen molar-refractivity contribution < 1.29 is 9.53 Å². The van der Waals surface area contributed by atoms with Crippen molar-refractivity contribution in [1.29, 1.82) is 0 Å². The van der Waals surface area contributed by atoms with Crippen LogP contribution in [0, 0.1) is 6.92 Å². The van der Waals surface area contributed by atoms with E-state index in [0.717, 1.165) is 0 Å². The topological polar surface area (TPSA) is 83.0 Å². The van der Waals surface area contributed by atoms with Crippen molar-refractivity contribution in [2.24, 2.45) is 0 Å². The maximum Gasteiger partial charge on any atom is 0.343 e. The number of esters is 1. The van der Waals surface area contributed by atoms with Crippen LogP contribution >= 0.6 is 11.6 Å². The van der Waals surface area contributed by atoms with Gasteiger partial charge < -0.3 is 10.5 Å². The summed E-state index contributed by atoms with van der Waals surface area (Å²) in [6, 6.07) is 5.05. The first-order valence-electron chi connectivity index (χ1n) is 5.11. The van der Waals surface area contributed by atoms with Crippen LogP contribution < -0.4 is 5.73 Å². The smallest absolute Gasteiger partial charge is 0.343 e. The molecule has 2 N–H and O–H groups in total. The third kappa shape index (κ3) is 2.02. The molecule has 0 atom stereocenters. The Bertz CT molecular complexity index is 609. The zero-order chi connectivity index (χ0) is 13.3. The number of ether oxygens (including phenoxy) is 1. The van der Waals surface area contributed by atoms with E-state index in [1.165, 1.54) is 11.8 Å². The van der Waals surface area contributed by atoms with Gasteiger partial charge in [-0.1, -0.05) is 17.7 Å². The van der Waals surface area contributed by atoms with Crippen LogP contribution in [-0.4, -0.2) is 27.8 Å². The number of aryl methyl sites for hydroxylation is 1. The first kappa shape index (κ1) is 12.4. The van der Waals surface area contributed by atoms with Gasteiger partial charge in [0.1, 0.15) is 16.5 Å². The van der Waals surface area contributed by atoms with Gasteiger partial charge in [0.05, 0.1) is 12.8 Å². The molecule has 0 amide bonds. The molecule has 2 aromatic heterocycles. The first-order chi connectivity index (χ1) is 8.54. The van der Waals surface area contributed by atoms with Crippen LogP contribution in [0.2, 0.25) is 5.15 Å². The van der Waals surface area contributed by atoms with Crippen LogP contribution in [0.15, 0.2) is 18.2 Å². The molecule has 94 valence electrons. The van der Waals surface area contributed by atoms with Gasteiger partial charge in [0.15, 0.2) is 5.82 Å². The van der Waals surface area contributed by atoms with Gasteiger partial charge in [-0.2, -0.15) is 9.78 Å². The summed E-state index contributed by atoms with van der Waals surface area (Å²) in [5, 5.41) is 4.48. The van der Waals surface area contributed by atoms with Crippen molar-refractivity contribution in [2.75, 3.05) is 12.8 Å². The maximum atomic E-state index is 11.6. The third-order valence-corrected chi connectivity index (χ3v) is 2.61. The minimum absolute atomic E-state index is 0.175. The van der Waals surface area contributed by atoms with E-state index in [0.29, 0.717) is 16.7 Å². The van der Waals surface area contributed by atoms with Crippen molar-refractivity contribution in [3.05, 3.63) is 34.6 Å². The monoisotopic (exact) mass is 266 g/mol. The lowest BCUT2D eigenvalue weighted by Gasteiger charge is -2.03. The van der Waals surface area contributed by atoms with E-state index < -0.39 is 5.97 Å². The van der Waals surface area contributed by atoms with E-state index >= 15 is 0 Å². The highest BCUT2D eigenvalue weighted by atomic mass is 35.5. The van der Waals surface area contributed by atoms with Gasteiger partial charge in [0, 0.05) is 0 Å². The summed E-state index contributed by atoms with van der Waals surface area (Å²) in [6.45, 7) is 1.67. The Kier molecular flexibility index (Phi) is 3.20. The van der Waals surface area contributed by atoms with Gasteiger partial charge in [-0.25, -0.2) is 9.78 Å². The molecule has 0 aromatic carbocycles. The highest BCUT2D eigenvalue weighted by Crippen LogP contribution is 2.21. The number of halogens is 1. The van der Waals surface area contributed by atoms with E-state index in [2.05, 4.69) is 14.8 Å². The van der Waals surface area contributed by atoms with Crippen LogP contribution in [-0.2, 0) is 4.74 Å².